The fourth-order valence-corrected chi connectivity index (χ4v) is 3.73. The van der Waals surface area contributed by atoms with Crippen molar-refractivity contribution in [3.8, 4) is 0 Å². The Kier molecular flexibility index (Phi) is 5.49. The molecule has 0 aliphatic carbocycles. The van der Waals surface area contributed by atoms with Gasteiger partial charge in [0.1, 0.15) is 0 Å². The molecular weight excluding hydrogens is 270 g/mol. The molecule has 3 nitrogen and oxygen atoms in total. The van der Waals surface area contributed by atoms with Crippen molar-refractivity contribution in [1.82, 2.24) is 4.90 Å². The topological polar surface area (TPSA) is 40.5 Å². The van der Waals surface area contributed by atoms with Crippen LogP contribution in [0.4, 0.5) is 0 Å². The van der Waals surface area contributed by atoms with Crippen LogP contribution in [0.15, 0.2) is 23.1 Å². The second-order valence-electron chi connectivity index (χ2n) is 5.61. The zero-order chi connectivity index (χ0) is 14.5. The van der Waals surface area contributed by atoms with Crippen LogP contribution in [0.5, 0.6) is 0 Å². The van der Waals surface area contributed by atoms with Crippen LogP contribution in [0.3, 0.4) is 0 Å². The summed E-state index contributed by atoms with van der Waals surface area (Å²) in [6, 6.07) is 6.38. The highest BCUT2D eigenvalue weighted by atomic mass is 32.2. The van der Waals surface area contributed by atoms with E-state index in [9.17, 15) is 4.79 Å². The van der Waals surface area contributed by atoms with Gasteiger partial charge in [-0.2, -0.15) is 0 Å². The number of carbonyl (C=O) groups is 1. The Labute approximate surface area is 125 Å². The number of nitrogens with zero attached hydrogens (tertiary/aromatic N) is 1. The molecule has 0 atom stereocenters. The number of thioether (sulfide) groups is 1. The molecule has 0 unspecified atom stereocenters. The minimum absolute atomic E-state index is 0.209. The average molecular weight is 293 g/mol. The molecule has 1 aromatic rings. The molecule has 0 aromatic heterocycles. The zero-order valence-electron chi connectivity index (χ0n) is 12.3. The second kappa shape index (κ2) is 7.14. The summed E-state index contributed by atoms with van der Waals surface area (Å²) in [4.78, 5) is 14.3. The zero-order valence-corrected chi connectivity index (χ0v) is 13.1. The molecule has 0 amide bonds. The van der Waals surface area contributed by atoms with Gasteiger partial charge in [0.25, 0.3) is 0 Å². The molecule has 2 rings (SSSR count). The van der Waals surface area contributed by atoms with Gasteiger partial charge < -0.3 is 10.0 Å². The lowest BCUT2D eigenvalue weighted by Gasteiger charge is -2.28. The van der Waals surface area contributed by atoms with E-state index in [1.54, 1.807) is 0 Å². The lowest BCUT2D eigenvalue weighted by atomic mass is 10.1. The van der Waals surface area contributed by atoms with E-state index >= 15 is 0 Å². The third kappa shape index (κ3) is 4.53. The van der Waals surface area contributed by atoms with Gasteiger partial charge in [-0.05, 0) is 63.5 Å². The highest BCUT2D eigenvalue weighted by Crippen LogP contribution is 2.32. The van der Waals surface area contributed by atoms with Crippen LogP contribution in [0.25, 0.3) is 0 Å². The fraction of sp³-hybridized carbons (Fsp3) is 0.562. The van der Waals surface area contributed by atoms with Crippen LogP contribution in [0, 0.1) is 6.92 Å². The first-order valence-electron chi connectivity index (χ1n) is 7.21. The monoisotopic (exact) mass is 293 g/mol. The molecule has 110 valence electrons. The van der Waals surface area contributed by atoms with Crippen molar-refractivity contribution in [3.05, 3.63) is 29.3 Å². The summed E-state index contributed by atoms with van der Waals surface area (Å²) in [7, 11) is 2.18. The van der Waals surface area contributed by atoms with Gasteiger partial charge >= 0.3 is 5.97 Å². The van der Waals surface area contributed by atoms with Crippen LogP contribution in [-0.4, -0.2) is 41.4 Å². The van der Waals surface area contributed by atoms with Crippen molar-refractivity contribution in [2.75, 3.05) is 20.1 Å². The molecule has 0 spiro atoms. The predicted molar refractivity (Wildman–Crippen MR) is 83.5 cm³/mol. The van der Waals surface area contributed by atoms with Crippen molar-refractivity contribution in [3.63, 3.8) is 0 Å². The van der Waals surface area contributed by atoms with Crippen molar-refractivity contribution in [2.24, 2.45) is 0 Å². The molecule has 1 N–H and O–H groups in total. The quantitative estimate of drug-likeness (QED) is 0.905. The van der Waals surface area contributed by atoms with E-state index in [2.05, 4.69) is 37.1 Å². The van der Waals surface area contributed by atoms with E-state index < -0.39 is 5.97 Å². The minimum atomic E-state index is -0.729. The Balaban J connectivity index is 1.93. The molecule has 0 saturated carbocycles. The van der Waals surface area contributed by atoms with Crippen molar-refractivity contribution in [2.45, 2.75) is 42.8 Å². The Morgan fingerprint density at radius 1 is 1.40 bits per heavy atom. The molecule has 1 aromatic carbocycles. The number of rotatable bonds is 5. The standard InChI is InChI=1S/C16H23NO2S/c1-12-11-13(4-6-16(18)19)3-5-15(12)20-14-7-9-17(2)10-8-14/h3,5,11,14H,4,6-10H2,1-2H3,(H,18,19). The molecule has 0 bridgehead atoms. The first-order valence-corrected chi connectivity index (χ1v) is 8.09. The summed E-state index contributed by atoms with van der Waals surface area (Å²) in [6.45, 7) is 4.50. The Bertz CT molecular complexity index is 468. The van der Waals surface area contributed by atoms with Crippen molar-refractivity contribution in [1.29, 1.82) is 0 Å². The first-order chi connectivity index (χ1) is 9.54. The molecule has 20 heavy (non-hydrogen) atoms. The summed E-state index contributed by atoms with van der Waals surface area (Å²) in [5.41, 5.74) is 2.40. The average Bonchev–Trinajstić information content (AvgIpc) is 2.41. The fourth-order valence-electron chi connectivity index (χ4n) is 2.53. The number of hydrogen-bond acceptors (Lipinski definition) is 3. The van der Waals surface area contributed by atoms with Crippen molar-refractivity contribution < 1.29 is 9.90 Å². The summed E-state index contributed by atoms with van der Waals surface area (Å²) in [5, 5.41) is 9.45. The van der Waals surface area contributed by atoms with Gasteiger partial charge in [0.15, 0.2) is 0 Å². The number of likely N-dealkylation sites (tertiary alicyclic amines) is 1. The second-order valence-corrected chi connectivity index (χ2v) is 6.96. The number of aryl methyl sites for hydroxylation is 2. The van der Waals surface area contributed by atoms with Crippen molar-refractivity contribution >= 4 is 17.7 Å². The van der Waals surface area contributed by atoms with E-state index in [1.807, 2.05) is 11.8 Å². The van der Waals surface area contributed by atoms with Crippen LogP contribution in [0.1, 0.15) is 30.4 Å². The Morgan fingerprint density at radius 2 is 2.10 bits per heavy atom. The van der Waals surface area contributed by atoms with Crippen LogP contribution in [0.2, 0.25) is 0 Å². The van der Waals surface area contributed by atoms with Gasteiger partial charge in [-0.3, -0.25) is 4.79 Å². The third-order valence-electron chi connectivity index (χ3n) is 3.83. The van der Waals surface area contributed by atoms with E-state index in [4.69, 9.17) is 5.11 Å². The maximum Gasteiger partial charge on any atom is 0.303 e. The number of aliphatic carboxylic acids is 1. The Morgan fingerprint density at radius 3 is 2.70 bits per heavy atom. The van der Waals surface area contributed by atoms with E-state index in [0.717, 1.165) is 10.8 Å². The highest BCUT2D eigenvalue weighted by molar-refractivity contribution is 8.00. The van der Waals surface area contributed by atoms with Gasteiger partial charge in [-0.1, -0.05) is 12.1 Å². The third-order valence-corrected chi connectivity index (χ3v) is 5.34. The normalized spacial score (nSPS) is 17.3. The Hall–Kier alpha value is -1.000. The number of benzene rings is 1. The summed E-state index contributed by atoms with van der Waals surface area (Å²) < 4.78 is 0. The van der Waals surface area contributed by atoms with E-state index in [-0.39, 0.29) is 6.42 Å². The summed E-state index contributed by atoms with van der Waals surface area (Å²) in [6.07, 6.45) is 3.33. The van der Waals surface area contributed by atoms with Gasteiger partial charge in [0, 0.05) is 16.6 Å². The SMILES string of the molecule is Cc1cc(CCC(=O)O)ccc1SC1CCN(C)CC1. The molecule has 4 heteroatoms. The molecule has 1 fully saturated rings. The smallest absolute Gasteiger partial charge is 0.303 e. The van der Waals surface area contributed by atoms with Gasteiger partial charge in [-0.15, -0.1) is 11.8 Å². The van der Waals surface area contributed by atoms with E-state index in [0.29, 0.717) is 6.42 Å². The number of carboxylic acid groups (broad SMARTS) is 1. The molecular formula is C16H23NO2S. The van der Waals surface area contributed by atoms with Crippen LogP contribution >= 0.6 is 11.8 Å². The highest BCUT2D eigenvalue weighted by Gasteiger charge is 2.18. The number of piperidine rings is 1. The number of carboxylic acids is 1. The van der Waals surface area contributed by atoms with Gasteiger partial charge in [-0.25, -0.2) is 0 Å². The van der Waals surface area contributed by atoms with Gasteiger partial charge in [0.2, 0.25) is 0 Å². The summed E-state index contributed by atoms with van der Waals surface area (Å²) in [5.74, 6) is -0.729. The molecule has 1 heterocycles. The number of hydrogen-bond donors (Lipinski definition) is 1. The van der Waals surface area contributed by atoms with Crippen LogP contribution in [-0.2, 0) is 11.2 Å². The van der Waals surface area contributed by atoms with E-state index in [1.165, 1.54) is 36.4 Å². The first kappa shape index (κ1) is 15.4. The molecule has 1 aliphatic rings. The minimum Gasteiger partial charge on any atom is -0.481 e. The van der Waals surface area contributed by atoms with Gasteiger partial charge in [0.05, 0.1) is 0 Å². The predicted octanol–water partition coefficient (Wildman–Crippen LogP) is 3.20. The summed E-state index contributed by atoms with van der Waals surface area (Å²) >= 11 is 1.98. The molecule has 1 saturated heterocycles. The van der Waals surface area contributed by atoms with Crippen LogP contribution < -0.4 is 0 Å². The molecule has 0 radical (unpaired) electrons. The lowest BCUT2D eigenvalue weighted by Crippen LogP contribution is -2.31. The maximum absolute atomic E-state index is 10.6. The largest absolute Gasteiger partial charge is 0.481 e. The maximum atomic E-state index is 10.6. The molecule has 1 aliphatic heterocycles. The lowest BCUT2D eigenvalue weighted by molar-refractivity contribution is -0.136.